The summed E-state index contributed by atoms with van der Waals surface area (Å²) >= 11 is 0. The molecule has 0 saturated carbocycles. The quantitative estimate of drug-likeness (QED) is 0.649. The topological polar surface area (TPSA) is 33.1 Å². The van der Waals surface area contributed by atoms with Crippen LogP contribution in [0.1, 0.15) is 1.43 Å². The van der Waals surface area contributed by atoms with Crippen molar-refractivity contribution >= 4 is 0 Å². The Balaban J connectivity index is 0.000000980. The van der Waals surface area contributed by atoms with Crippen molar-refractivity contribution in [2.24, 2.45) is 0 Å². The minimum absolute atomic E-state index is 0. The number of pyridine rings is 1. The van der Waals surface area contributed by atoms with Gasteiger partial charge in [-0.25, -0.2) is 0 Å². The first-order chi connectivity index (χ1) is 6.38. The Labute approximate surface area is 127 Å². The van der Waals surface area contributed by atoms with Crippen LogP contribution in [0.5, 0.6) is 5.75 Å². The molecule has 0 aliphatic carbocycles. The molecule has 2 nitrogen and oxygen atoms in total. The number of aromatic hydroxyl groups is 1. The van der Waals surface area contributed by atoms with Gasteiger partial charge in [0.05, 0.1) is 5.69 Å². The number of benzene rings is 1. The summed E-state index contributed by atoms with van der Waals surface area (Å²) in [4.78, 5) is 4.15. The third kappa shape index (κ3) is 2.65. The maximum absolute atomic E-state index is 9.52. The van der Waals surface area contributed by atoms with Crippen molar-refractivity contribution in [2.45, 2.75) is 0 Å². The van der Waals surface area contributed by atoms with Gasteiger partial charge in [0, 0.05) is 11.8 Å². The molecule has 0 bridgehead atoms. The number of nitrogens with zero attached hydrogens (tertiary/aromatic N) is 1. The average molecular weight is 211 g/mol. The summed E-state index contributed by atoms with van der Waals surface area (Å²) in [5, 5.41) is 9.52. The molecule has 2 rings (SSSR count). The molecular formula is C11H10KNO. The molecule has 0 unspecified atom stereocenters. The maximum atomic E-state index is 9.52. The number of aromatic nitrogens is 1. The number of hydrogen-bond donors (Lipinski definition) is 1. The van der Waals surface area contributed by atoms with Crippen LogP contribution >= 0.6 is 0 Å². The molecule has 14 heavy (non-hydrogen) atoms. The van der Waals surface area contributed by atoms with Crippen LogP contribution in [0.25, 0.3) is 11.3 Å². The molecule has 1 aromatic carbocycles. The Bertz CT molecular complexity index is 408. The minimum Gasteiger partial charge on any atom is -1.00 e. The summed E-state index contributed by atoms with van der Waals surface area (Å²) in [6, 6.07) is 12.8. The van der Waals surface area contributed by atoms with Crippen molar-refractivity contribution in [2.75, 3.05) is 0 Å². The van der Waals surface area contributed by atoms with E-state index in [0.717, 1.165) is 11.3 Å². The van der Waals surface area contributed by atoms with Crippen molar-refractivity contribution in [3.05, 3.63) is 48.7 Å². The molecule has 0 atom stereocenters. The van der Waals surface area contributed by atoms with E-state index in [1.165, 1.54) is 0 Å². The van der Waals surface area contributed by atoms with Crippen molar-refractivity contribution in [3.8, 4) is 17.0 Å². The Hall–Kier alpha value is -0.194. The van der Waals surface area contributed by atoms with E-state index in [1.807, 2.05) is 30.3 Å². The van der Waals surface area contributed by atoms with E-state index in [1.54, 1.807) is 18.3 Å². The van der Waals surface area contributed by atoms with Gasteiger partial charge in [-0.2, -0.15) is 0 Å². The fraction of sp³-hybridized carbons (Fsp3) is 0. The molecule has 0 spiro atoms. The molecule has 0 aliphatic heterocycles. The van der Waals surface area contributed by atoms with E-state index >= 15 is 0 Å². The smallest absolute Gasteiger partial charge is 1.00 e. The fourth-order valence-corrected chi connectivity index (χ4v) is 1.21. The molecule has 66 valence electrons. The number of phenols is 1. The zero-order valence-corrected chi connectivity index (χ0v) is 11.1. The summed E-state index contributed by atoms with van der Waals surface area (Å²) in [5.41, 5.74) is 1.56. The Morgan fingerprint density at radius 3 is 2.36 bits per heavy atom. The van der Waals surface area contributed by atoms with Gasteiger partial charge in [0.2, 0.25) is 0 Å². The van der Waals surface area contributed by atoms with Crippen molar-refractivity contribution in [3.63, 3.8) is 0 Å². The number of hydrogen-bond acceptors (Lipinski definition) is 2. The zero-order chi connectivity index (χ0) is 9.10. The molecule has 1 N–H and O–H groups in total. The minimum atomic E-state index is 0. The van der Waals surface area contributed by atoms with E-state index in [2.05, 4.69) is 4.98 Å². The monoisotopic (exact) mass is 211 g/mol. The summed E-state index contributed by atoms with van der Waals surface area (Å²) in [7, 11) is 0. The van der Waals surface area contributed by atoms with Crippen molar-refractivity contribution in [1.82, 2.24) is 4.98 Å². The van der Waals surface area contributed by atoms with Gasteiger partial charge >= 0.3 is 51.4 Å². The second kappa shape index (κ2) is 5.63. The van der Waals surface area contributed by atoms with Gasteiger partial charge in [-0.15, -0.1) is 0 Å². The molecule has 0 saturated heterocycles. The van der Waals surface area contributed by atoms with E-state index in [9.17, 15) is 5.11 Å². The molecular weight excluding hydrogens is 201 g/mol. The molecule has 0 fully saturated rings. The Kier molecular flexibility index (Phi) is 4.78. The summed E-state index contributed by atoms with van der Waals surface area (Å²) < 4.78 is 0. The van der Waals surface area contributed by atoms with Crippen molar-refractivity contribution < 1.29 is 57.9 Å². The predicted octanol–water partition coefficient (Wildman–Crippen LogP) is -0.429. The average Bonchev–Trinajstić information content (AvgIpc) is 2.20. The van der Waals surface area contributed by atoms with Crippen LogP contribution < -0.4 is 51.4 Å². The van der Waals surface area contributed by atoms with Crippen molar-refractivity contribution in [1.29, 1.82) is 0 Å². The first kappa shape index (κ1) is 11.9. The first-order valence-electron chi connectivity index (χ1n) is 4.07. The molecule has 3 heteroatoms. The number of para-hydroxylation sites is 1. The standard InChI is InChI=1S/C11H9NO.K.H/c13-11-7-2-1-5-9(11)10-6-3-4-8-12-10;;/h1-8,13H;;/q;+1;-1. The van der Waals surface area contributed by atoms with Gasteiger partial charge in [0.1, 0.15) is 5.75 Å². The first-order valence-corrected chi connectivity index (χ1v) is 4.07. The van der Waals surface area contributed by atoms with Crippen LogP contribution in [0.4, 0.5) is 0 Å². The molecule has 2 aromatic rings. The van der Waals surface area contributed by atoms with Crippen LogP contribution in [-0.2, 0) is 0 Å². The van der Waals surface area contributed by atoms with Gasteiger partial charge in [0.15, 0.2) is 0 Å². The summed E-state index contributed by atoms with van der Waals surface area (Å²) in [6.07, 6.45) is 1.71. The van der Waals surface area contributed by atoms with Crippen LogP contribution in [0, 0.1) is 0 Å². The van der Waals surface area contributed by atoms with Gasteiger partial charge in [0.25, 0.3) is 0 Å². The second-order valence-corrected chi connectivity index (χ2v) is 2.73. The Morgan fingerprint density at radius 2 is 1.71 bits per heavy atom. The third-order valence-corrected chi connectivity index (χ3v) is 1.84. The van der Waals surface area contributed by atoms with Gasteiger partial charge in [-0.1, -0.05) is 18.2 Å². The van der Waals surface area contributed by atoms with E-state index in [-0.39, 0.29) is 58.6 Å². The Morgan fingerprint density at radius 1 is 1.00 bits per heavy atom. The molecule has 0 aliphatic rings. The van der Waals surface area contributed by atoms with Gasteiger partial charge in [-0.05, 0) is 24.3 Å². The molecule has 0 radical (unpaired) electrons. The second-order valence-electron chi connectivity index (χ2n) is 2.73. The summed E-state index contributed by atoms with van der Waals surface area (Å²) in [5.74, 6) is 0.265. The largest absolute Gasteiger partial charge is 1.00 e. The van der Waals surface area contributed by atoms with Crippen LogP contribution in [0.3, 0.4) is 0 Å². The molecule has 0 amide bonds. The molecule has 1 heterocycles. The molecule has 1 aromatic heterocycles. The SMILES string of the molecule is Oc1ccccc1-c1ccccn1.[H-].[K+]. The zero-order valence-electron chi connectivity index (χ0n) is 9.01. The van der Waals surface area contributed by atoms with Gasteiger partial charge in [-0.3, -0.25) is 4.98 Å². The van der Waals surface area contributed by atoms with Crippen LogP contribution in [-0.4, -0.2) is 10.1 Å². The fourth-order valence-electron chi connectivity index (χ4n) is 1.21. The summed E-state index contributed by atoms with van der Waals surface area (Å²) in [6.45, 7) is 0. The van der Waals surface area contributed by atoms with Crippen LogP contribution in [0.2, 0.25) is 0 Å². The van der Waals surface area contributed by atoms with E-state index < -0.39 is 0 Å². The normalized spacial score (nSPS) is 9.14. The van der Waals surface area contributed by atoms with Crippen LogP contribution in [0.15, 0.2) is 48.7 Å². The van der Waals surface area contributed by atoms with E-state index in [4.69, 9.17) is 0 Å². The predicted molar refractivity (Wildman–Crippen MR) is 52.4 cm³/mol. The van der Waals surface area contributed by atoms with E-state index in [0.29, 0.717) is 0 Å². The van der Waals surface area contributed by atoms with Gasteiger partial charge < -0.3 is 6.53 Å². The third-order valence-electron chi connectivity index (χ3n) is 1.84. The maximum Gasteiger partial charge on any atom is 1.00 e. The number of rotatable bonds is 1. The number of phenolic OH excluding ortho intramolecular Hbond substituents is 1.